The van der Waals surface area contributed by atoms with Crippen molar-refractivity contribution in [3.8, 4) is 11.4 Å². The van der Waals surface area contributed by atoms with Crippen LogP contribution >= 0.6 is 11.8 Å². The molecular formula is C22H16N4O3S. The molecule has 1 heterocycles. The van der Waals surface area contributed by atoms with Gasteiger partial charge in [-0.3, -0.25) is 14.9 Å². The molecule has 3 aromatic carbocycles. The van der Waals surface area contributed by atoms with Crippen LogP contribution < -0.4 is 5.32 Å². The van der Waals surface area contributed by atoms with Gasteiger partial charge >= 0.3 is 0 Å². The standard InChI is InChI=1S/C22H16N4O3S/c27-20(23-16-9-6-10-17(13-16)26(28)29)14-30-22-18-11-4-5-12-19(18)24-21(25-22)15-7-2-1-3-8-15/h1-13H,14H2,(H,23,27). The van der Waals surface area contributed by atoms with Crippen molar-refractivity contribution in [3.63, 3.8) is 0 Å². The Hall–Kier alpha value is -3.78. The molecule has 148 valence electrons. The highest BCUT2D eigenvalue weighted by Crippen LogP contribution is 2.28. The van der Waals surface area contributed by atoms with E-state index >= 15 is 0 Å². The Labute approximate surface area is 176 Å². The summed E-state index contributed by atoms with van der Waals surface area (Å²) in [5, 5.41) is 15.2. The summed E-state index contributed by atoms with van der Waals surface area (Å²) >= 11 is 1.30. The molecular weight excluding hydrogens is 400 g/mol. The molecule has 1 N–H and O–H groups in total. The smallest absolute Gasteiger partial charge is 0.271 e. The minimum atomic E-state index is -0.497. The van der Waals surface area contributed by atoms with Gasteiger partial charge in [-0.25, -0.2) is 9.97 Å². The zero-order valence-corrected chi connectivity index (χ0v) is 16.5. The van der Waals surface area contributed by atoms with E-state index in [1.165, 1.54) is 30.0 Å². The third kappa shape index (κ3) is 4.44. The molecule has 7 nitrogen and oxygen atoms in total. The van der Waals surface area contributed by atoms with Gasteiger partial charge in [0.05, 0.1) is 16.2 Å². The number of rotatable bonds is 6. The van der Waals surface area contributed by atoms with E-state index in [1.54, 1.807) is 6.07 Å². The molecule has 0 unspecified atom stereocenters. The van der Waals surface area contributed by atoms with Crippen molar-refractivity contribution in [1.82, 2.24) is 9.97 Å². The van der Waals surface area contributed by atoms with E-state index in [9.17, 15) is 14.9 Å². The molecule has 0 radical (unpaired) electrons. The molecule has 0 saturated heterocycles. The summed E-state index contributed by atoms with van der Waals surface area (Å²) in [5.74, 6) is 0.429. The Morgan fingerprint density at radius 2 is 1.73 bits per heavy atom. The average molecular weight is 416 g/mol. The second-order valence-electron chi connectivity index (χ2n) is 6.38. The predicted octanol–water partition coefficient (Wildman–Crippen LogP) is 4.94. The van der Waals surface area contributed by atoms with Crippen LogP contribution in [-0.4, -0.2) is 26.6 Å². The largest absolute Gasteiger partial charge is 0.325 e. The highest BCUT2D eigenvalue weighted by Gasteiger charge is 2.13. The first-order valence-corrected chi connectivity index (χ1v) is 10.1. The Morgan fingerprint density at radius 1 is 0.967 bits per heavy atom. The fraction of sp³-hybridized carbons (Fsp3) is 0.0455. The molecule has 1 aromatic heterocycles. The van der Waals surface area contributed by atoms with Crippen molar-refractivity contribution >= 4 is 39.9 Å². The molecule has 1 amide bonds. The van der Waals surface area contributed by atoms with Crippen LogP contribution in [0.5, 0.6) is 0 Å². The number of nitrogens with one attached hydrogen (secondary N) is 1. The van der Waals surface area contributed by atoms with Gasteiger partial charge in [-0.05, 0) is 12.1 Å². The molecule has 30 heavy (non-hydrogen) atoms. The molecule has 0 bridgehead atoms. The van der Waals surface area contributed by atoms with Crippen molar-refractivity contribution < 1.29 is 9.72 Å². The van der Waals surface area contributed by atoms with Crippen molar-refractivity contribution in [1.29, 1.82) is 0 Å². The van der Waals surface area contributed by atoms with E-state index < -0.39 is 4.92 Å². The van der Waals surface area contributed by atoms with Crippen molar-refractivity contribution in [2.75, 3.05) is 11.1 Å². The molecule has 8 heteroatoms. The number of amides is 1. The zero-order valence-electron chi connectivity index (χ0n) is 15.7. The number of benzene rings is 3. The monoisotopic (exact) mass is 416 g/mol. The quantitative estimate of drug-likeness (QED) is 0.207. The number of hydrogen-bond acceptors (Lipinski definition) is 6. The maximum absolute atomic E-state index is 12.4. The van der Waals surface area contributed by atoms with E-state index in [0.717, 1.165) is 16.5 Å². The van der Waals surface area contributed by atoms with Crippen LogP contribution in [0, 0.1) is 10.1 Å². The lowest BCUT2D eigenvalue weighted by Gasteiger charge is -2.09. The van der Waals surface area contributed by atoms with Gasteiger partial charge in [-0.15, -0.1) is 0 Å². The summed E-state index contributed by atoms with van der Waals surface area (Å²) in [4.78, 5) is 32.1. The first kappa shape index (κ1) is 19.5. The minimum Gasteiger partial charge on any atom is -0.325 e. The molecule has 0 aliphatic heterocycles. The van der Waals surface area contributed by atoms with Gasteiger partial charge < -0.3 is 5.32 Å². The number of carbonyl (C=O) groups excluding carboxylic acids is 1. The zero-order chi connectivity index (χ0) is 20.9. The third-order valence-corrected chi connectivity index (χ3v) is 5.27. The summed E-state index contributed by atoms with van der Waals surface area (Å²) in [6.07, 6.45) is 0. The first-order valence-electron chi connectivity index (χ1n) is 9.09. The Bertz CT molecular complexity index is 1230. The second kappa shape index (κ2) is 8.71. The summed E-state index contributed by atoms with van der Waals surface area (Å²) in [7, 11) is 0. The highest BCUT2D eigenvalue weighted by atomic mass is 32.2. The third-order valence-electron chi connectivity index (χ3n) is 4.28. The van der Waals surface area contributed by atoms with E-state index in [-0.39, 0.29) is 17.3 Å². The van der Waals surface area contributed by atoms with Gasteiger partial charge in [0.25, 0.3) is 5.69 Å². The lowest BCUT2D eigenvalue weighted by atomic mass is 10.2. The second-order valence-corrected chi connectivity index (χ2v) is 7.34. The lowest BCUT2D eigenvalue weighted by molar-refractivity contribution is -0.384. The SMILES string of the molecule is O=C(CSc1nc(-c2ccccc2)nc2ccccc12)Nc1cccc([N+](=O)[O-])c1. The highest BCUT2D eigenvalue weighted by molar-refractivity contribution is 8.00. The normalized spacial score (nSPS) is 10.7. The number of nitro benzene ring substituents is 1. The fourth-order valence-electron chi connectivity index (χ4n) is 2.90. The van der Waals surface area contributed by atoms with Gasteiger partial charge in [0.2, 0.25) is 5.91 Å². The van der Waals surface area contributed by atoms with Crippen molar-refractivity contribution in [2.24, 2.45) is 0 Å². The number of anilines is 1. The van der Waals surface area contributed by atoms with E-state index in [4.69, 9.17) is 0 Å². The van der Waals surface area contributed by atoms with Gasteiger partial charge in [0.1, 0.15) is 5.03 Å². The van der Waals surface area contributed by atoms with Crippen molar-refractivity contribution in [2.45, 2.75) is 5.03 Å². The average Bonchev–Trinajstić information content (AvgIpc) is 2.78. The minimum absolute atomic E-state index is 0.0743. The summed E-state index contributed by atoms with van der Waals surface area (Å²) in [6, 6.07) is 23.2. The number of para-hydroxylation sites is 1. The molecule has 0 atom stereocenters. The lowest BCUT2D eigenvalue weighted by Crippen LogP contribution is -2.14. The van der Waals surface area contributed by atoms with E-state index in [0.29, 0.717) is 16.5 Å². The number of nitrogens with zero attached hydrogens (tertiary/aromatic N) is 3. The van der Waals surface area contributed by atoms with Crippen LogP contribution in [0.3, 0.4) is 0 Å². The summed E-state index contributed by atoms with van der Waals surface area (Å²) < 4.78 is 0. The van der Waals surface area contributed by atoms with Gasteiger partial charge in [0, 0.05) is 28.8 Å². The van der Waals surface area contributed by atoms with E-state index in [1.807, 2.05) is 54.6 Å². The topological polar surface area (TPSA) is 98.0 Å². The van der Waals surface area contributed by atoms with Gasteiger partial charge in [-0.2, -0.15) is 0 Å². The number of hydrogen-bond donors (Lipinski definition) is 1. The molecule has 4 aromatic rings. The first-order chi connectivity index (χ1) is 14.6. The van der Waals surface area contributed by atoms with Crippen LogP contribution in [0.25, 0.3) is 22.3 Å². The number of non-ortho nitro benzene ring substituents is 1. The maximum Gasteiger partial charge on any atom is 0.271 e. The number of fused-ring (bicyclic) bond motifs is 1. The molecule has 0 fully saturated rings. The molecule has 0 aliphatic rings. The number of thioether (sulfide) groups is 1. The summed E-state index contributed by atoms with van der Waals surface area (Å²) in [6.45, 7) is 0. The van der Waals surface area contributed by atoms with Crippen LogP contribution in [0.4, 0.5) is 11.4 Å². The van der Waals surface area contributed by atoms with Crippen molar-refractivity contribution in [3.05, 3.63) is 89.0 Å². The van der Waals surface area contributed by atoms with Gasteiger partial charge in [0.15, 0.2) is 5.82 Å². The van der Waals surface area contributed by atoms with E-state index in [2.05, 4.69) is 15.3 Å². The van der Waals surface area contributed by atoms with Crippen LogP contribution in [0.15, 0.2) is 83.9 Å². The number of aromatic nitrogens is 2. The van der Waals surface area contributed by atoms with Crippen LogP contribution in [-0.2, 0) is 4.79 Å². The fourth-order valence-corrected chi connectivity index (χ4v) is 3.72. The molecule has 0 aliphatic carbocycles. The number of nitro groups is 1. The predicted molar refractivity (Wildman–Crippen MR) is 117 cm³/mol. The van der Waals surface area contributed by atoms with Crippen LogP contribution in [0.1, 0.15) is 0 Å². The van der Waals surface area contributed by atoms with Crippen LogP contribution in [0.2, 0.25) is 0 Å². The Morgan fingerprint density at radius 3 is 2.53 bits per heavy atom. The maximum atomic E-state index is 12.4. The molecule has 0 saturated carbocycles. The summed E-state index contributed by atoms with van der Waals surface area (Å²) in [5.41, 5.74) is 2.00. The van der Waals surface area contributed by atoms with Gasteiger partial charge in [-0.1, -0.05) is 66.4 Å². The Balaban J connectivity index is 1.55. The number of carbonyl (C=O) groups is 1. The Kier molecular flexibility index (Phi) is 5.67. The molecule has 0 spiro atoms. The molecule has 4 rings (SSSR count).